The first-order valence-corrected chi connectivity index (χ1v) is 9.76. The minimum Gasteiger partial charge on any atom is -0.352 e. The number of aryl methyl sites for hydroxylation is 1. The maximum atomic E-state index is 12.4. The van der Waals surface area contributed by atoms with Gasteiger partial charge in [0.1, 0.15) is 0 Å². The van der Waals surface area contributed by atoms with Crippen LogP contribution in [0.4, 0.5) is 0 Å². The average Bonchev–Trinajstić information content (AvgIpc) is 2.65. The summed E-state index contributed by atoms with van der Waals surface area (Å²) in [6.45, 7) is 10.9. The lowest BCUT2D eigenvalue weighted by Crippen LogP contribution is -2.37. The van der Waals surface area contributed by atoms with E-state index in [0.717, 1.165) is 21.7 Å². The first kappa shape index (κ1) is 20.0. The first-order chi connectivity index (χ1) is 13.2. The van der Waals surface area contributed by atoms with Gasteiger partial charge >= 0.3 is 0 Å². The Bertz CT molecular complexity index is 1030. The van der Waals surface area contributed by atoms with Gasteiger partial charge in [0.25, 0.3) is 11.8 Å². The van der Waals surface area contributed by atoms with Gasteiger partial charge < -0.3 is 5.32 Å². The molecule has 28 heavy (non-hydrogen) atoms. The lowest BCUT2D eigenvalue weighted by molar-refractivity contribution is -0.120. The number of hydrogen-bond donors (Lipinski definition) is 1. The van der Waals surface area contributed by atoms with Gasteiger partial charge in [-0.15, -0.1) is 0 Å². The molecule has 1 unspecified atom stereocenters. The highest BCUT2D eigenvalue weighted by molar-refractivity contribution is 5.94. The van der Waals surface area contributed by atoms with Gasteiger partial charge in [-0.2, -0.15) is 0 Å². The van der Waals surface area contributed by atoms with Crippen LogP contribution in [0, 0.1) is 19.8 Å². The number of fused-ring (bicyclic) bond motifs is 1. The molecule has 0 aliphatic carbocycles. The fourth-order valence-corrected chi connectivity index (χ4v) is 3.36. The minimum atomic E-state index is -0.293. The zero-order valence-corrected chi connectivity index (χ0v) is 17.3. The van der Waals surface area contributed by atoms with Crippen LogP contribution in [0.25, 0.3) is 6.08 Å². The molecule has 2 amide bonds. The van der Waals surface area contributed by atoms with Crippen molar-refractivity contribution >= 4 is 17.9 Å². The Morgan fingerprint density at radius 1 is 1.07 bits per heavy atom. The fourth-order valence-electron chi connectivity index (χ4n) is 3.36. The van der Waals surface area contributed by atoms with E-state index in [1.54, 1.807) is 0 Å². The summed E-state index contributed by atoms with van der Waals surface area (Å²) < 4.78 is 0. The summed E-state index contributed by atoms with van der Waals surface area (Å²) in [5, 5.41) is 4.70. The summed E-state index contributed by atoms with van der Waals surface area (Å²) in [6, 6.07) is 11.8. The highest BCUT2D eigenvalue weighted by Gasteiger charge is 2.19. The average molecular weight is 377 g/mol. The highest BCUT2D eigenvalue weighted by Crippen LogP contribution is 2.22. The standard InChI is InChI=1S/C24H28N2O2/c1-15-6-7-18-14-19(23(28)26-21(18)16(15)2)12-13-25-22(27)17-8-10-20(11-9-17)24(3,4)5/h6-11,14,19H,12-13H2,1-5H3,(H,25,27). The van der Waals surface area contributed by atoms with Crippen LogP contribution in [0.2, 0.25) is 0 Å². The van der Waals surface area contributed by atoms with Crippen molar-refractivity contribution in [1.29, 1.82) is 0 Å². The maximum Gasteiger partial charge on any atom is 0.253 e. The highest BCUT2D eigenvalue weighted by atomic mass is 16.2. The summed E-state index contributed by atoms with van der Waals surface area (Å²) >= 11 is 0. The molecule has 0 saturated carbocycles. The Morgan fingerprint density at radius 3 is 2.39 bits per heavy atom. The summed E-state index contributed by atoms with van der Waals surface area (Å²) in [5.41, 5.74) is 4.06. The van der Waals surface area contributed by atoms with E-state index in [-0.39, 0.29) is 23.1 Å². The van der Waals surface area contributed by atoms with E-state index in [1.165, 1.54) is 5.56 Å². The number of benzene rings is 2. The van der Waals surface area contributed by atoms with Crippen molar-refractivity contribution in [3.63, 3.8) is 0 Å². The molecular weight excluding hydrogens is 348 g/mol. The van der Waals surface area contributed by atoms with Gasteiger partial charge in [-0.3, -0.25) is 9.59 Å². The number of hydrogen-bond acceptors (Lipinski definition) is 2. The van der Waals surface area contributed by atoms with E-state index in [9.17, 15) is 9.59 Å². The smallest absolute Gasteiger partial charge is 0.253 e. The Kier molecular flexibility index (Phi) is 5.50. The molecule has 1 aliphatic heterocycles. The normalized spacial score (nSPS) is 16.0. The van der Waals surface area contributed by atoms with Crippen molar-refractivity contribution in [3.8, 4) is 0 Å². The molecule has 0 spiro atoms. The molecule has 1 aliphatic rings. The molecule has 2 aromatic carbocycles. The molecule has 0 bridgehead atoms. The van der Waals surface area contributed by atoms with Crippen molar-refractivity contribution in [3.05, 3.63) is 69.2 Å². The van der Waals surface area contributed by atoms with Crippen LogP contribution in [0.5, 0.6) is 0 Å². The maximum absolute atomic E-state index is 12.4. The number of carbonyl (C=O) groups excluding carboxylic acids is 2. The second-order valence-corrected chi connectivity index (χ2v) is 8.54. The second kappa shape index (κ2) is 7.70. The van der Waals surface area contributed by atoms with E-state index in [4.69, 9.17) is 0 Å². The fraction of sp³-hybridized carbons (Fsp3) is 0.375. The molecule has 1 N–H and O–H groups in total. The van der Waals surface area contributed by atoms with E-state index in [1.807, 2.05) is 50.3 Å². The Labute approximate surface area is 166 Å². The van der Waals surface area contributed by atoms with E-state index in [2.05, 4.69) is 37.1 Å². The summed E-state index contributed by atoms with van der Waals surface area (Å²) in [4.78, 5) is 29.1. The van der Waals surface area contributed by atoms with Crippen molar-refractivity contribution in [2.45, 2.75) is 46.5 Å². The van der Waals surface area contributed by atoms with Gasteiger partial charge in [0, 0.05) is 12.1 Å². The van der Waals surface area contributed by atoms with Crippen LogP contribution in [-0.4, -0.2) is 18.4 Å². The SMILES string of the molecule is Cc1ccc2c(c1C)=NC(=O)C(CCNC(=O)c1ccc(C(C)(C)C)cc1)C=2. The Hall–Kier alpha value is -2.75. The predicted molar refractivity (Wildman–Crippen MR) is 112 cm³/mol. The molecule has 4 heteroatoms. The van der Waals surface area contributed by atoms with Gasteiger partial charge in [-0.1, -0.05) is 51.1 Å². The van der Waals surface area contributed by atoms with Crippen molar-refractivity contribution in [1.82, 2.24) is 5.32 Å². The van der Waals surface area contributed by atoms with Crippen LogP contribution in [0.1, 0.15) is 54.2 Å². The molecule has 2 aromatic rings. The van der Waals surface area contributed by atoms with Gasteiger partial charge in [0.15, 0.2) is 0 Å². The van der Waals surface area contributed by atoms with Gasteiger partial charge in [-0.05, 0) is 59.7 Å². The van der Waals surface area contributed by atoms with Crippen LogP contribution in [0.3, 0.4) is 0 Å². The molecule has 0 saturated heterocycles. The number of carbonyl (C=O) groups is 2. The molecule has 1 heterocycles. The lowest BCUT2D eigenvalue weighted by Gasteiger charge is -2.19. The van der Waals surface area contributed by atoms with Crippen LogP contribution in [0.15, 0.2) is 41.4 Å². The van der Waals surface area contributed by atoms with Crippen molar-refractivity contribution in [2.24, 2.45) is 10.9 Å². The number of nitrogens with zero attached hydrogens (tertiary/aromatic N) is 1. The van der Waals surface area contributed by atoms with Gasteiger partial charge in [-0.25, -0.2) is 4.99 Å². The largest absolute Gasteiger partial charge is 0.352 e. The molecule has 0 radical (unpaired) electrons. The second-order valence-electron chi connectivity index (χ2n) is 8.54. The van der Waals surface area contributed by atoms with Crippen LogP contribution >= 0.6 is 0 Å². The third-order valence-electron chi connectivity index (χ3n) is 5.41. The third kappa shape index (κ3) is 4.22. The number of amides is 2. The Morgan fingerprint density at radius 2 is 1.75 bits per heavy atom. The van der Waals surface area contributed by atoms with E-state index < -0.39 is 0 Å². The van der Waals surface area contributed by atoms with Crippen LogP contribution in [-0.2, 0) is 10.2 Å². The summed E-state index contributed by atoms with van der Waals surface area (Å²) in [7, 11) is 0. The lowest BCUT2D eigenvalue weighted by atomic mass is 9.87. The Balaban J connectivity index is 1.63. The topological polar surface area (TPSA) is 58.5 Å². The molecular formula is C24H28N2O2. The number of nitrogens with one attached hydrogen (secondary N) is 1. The molecule has 0 aromatic heterocycles. The molecule has 0 fully saturated rings. The van der Waals surface area contributed by atoms with E-state index >= 15 is 0 Å². The zero-order valence-electron chi connectivity index (χ0n) is 17.3. The summed E-state index contributed by atoms with van der Waals surface area (Å²) in [6.07, 6.45) is 2.52. The van der Waals surface area contributed by atoms with Gasteiger partial charge in [0.2, 0.25) is 0 Å². The van der Waals surface area contributed by atoms with Crippen molar-refractivity contribution < 1.29 is 9.59 Å². The quantitative estimate of drug-likeness (QED) is 0.892. The third-order valence-corrected chi connectivity index (χ3v) is 5.41. The zero-order chi connectivity index (χ0) is 20.5. The predicted octanol–water partition coefficient (Wildman–Crippen LogP) is 2.98. The number of rotatable bonds is 4. The monoisotopic (exact) mass is 376 g/mol. The molecule has 3 rings (SSSR count). The molecule has 1 atom stereocenters. The molecule has 4 nitrogen and oxygen atoms in total. The summed E-state index contributed by atoms with van der Waals surface area (Å²) in [5.74, 6) is -0.546. The van der Waals surface area contributed by atoms with Crippen molar-refractivity contribution in [2.75, 3.05) is 6.54 Å². The first-order valence-electron chi connectivity index (χ1n) is 9.76. The van der Waals surface area contributed by atoms with Gasteiger partial charge in [0.05, 0.1) is 11.3 Å². The minimum absolute atomic E-state index is 0.0584. The molecule has 146 valence electrons. The van der Waals surface area contributed by atoms with E-state index in [0.29, 0.717) is 18.5 Å². The van der Waals surface area contributed by atoms with Crippen LogP contribution < -0.4 is 15.9 Å².